The molecule has 0 atom stereocenters. The van der Waals surface area contributed by atoms with E-state index < -0.39 is 4.92 Å². The topological polar surface area (TPSA) is 68.4 Å². The molecule has 0 unspecified atom stereocenters. The number of aryl methyl sites for hydroxylation is 2. The molecule has 0 aliphatic carbocycles. The van der Waals surface area contributed by atoms with Crippen LogP contribution in [0.1, 0.15) is 16.8 Å². The average molecular weight is 436 g/mol. The van der Waals surface area contributed by atoms with E-state index in [0.717, 1.165) is 22.5 Å². The molecule has 1 amide bonds. The molecule has 2 aromatic carbocycles. The Balaban J connectivity index is 1.69. The third-order valence-electron chi connectivity index (χ3n) is 4.92. The number of aromatic nitrogens is 1. The van der Waals surface area contributed by atoms with E-state index in [1.54, 1.807) is 33.9 Å². The number of benzene rings is 2. The Hall–Kier alpha value is -3.23. The average Bonchev–Trinajstić information content (AvgIpc) is 3.29. The molecular weight excluding hydrogens is 418 g/mol. The number of anilines is 1. The summed E-state index contributed by atoms with van der Waals surface area (Å²) < 4.78 is 2.28. The Morgan fingerprint density at radius 1 is 1.03 bits per heavy atom. The van der Waals surface area contributed by atoms with Gasteiger partial charge in [-0.05, 0) is 61.4 Å². The van der Waals surface area contributed by atoms with E-state index in [2.05, 4.69) is 0 Å². The van der Waals surface area contributed by atoms with E-state index in [1.165, 1.54) is 23.9 Å². The summed E-state index contributed by atoms with van der Waals surface area (Å²) >= 11 is 6.71. The molecule has 3 aromatic rings. The molecule has 30 heavy (non-hydrogen) atoms. The quantitative estimate of drug-likeness (QED) is 0.237. The van der Waals surface area contributed by atoms with Crippen LogP contribution in [0.4, 0.5) is 11.4 Å². The molecule has 4 rings (SSSR count). The third kappa shape index (κ3) is 3.67. The lowest BCUT2D eigenvalue weighted by Gasteiger charge is -2.16. The first-order chi connectivity index (χ1) is 14.3. The van der Waals surface area contributed by atoms with Crippen molar-refractivity contribution in [3.8, 4) is 5.69 Å². The summed E-state index contributed by atoms with van der Waals surface area (Å²) in [5.74, 6) is -0.181. The number of non-ortho nitro benzene ring substituents is 1. The number of carbonyl (C=O) groups excluding carboxylic acids is 1. The SMILES string of the molecule is Cc1ccc(N2C(=O)/C(=C/c3cccn3-c3cccc([N+](=O)[O-])c3)SC2=S)cc1C. The van der Waals surface area contributed by atoms with Crippen LogP contribution in [0.15, 0.2) is 65.7 Å². The second kappa shape index (κ2) is 7.89. The fraction of sp³-hybridized carbons (Fsp3) is 0.0909. The molecule has 0 spiro atoms. The molecule has 8 heteroatoms. The van der Waals surface area contributed by atoms with Gasteiger partial charge in [-0.1, -0.05) is 36.1 Å². The minimum absolute atomic E-state index is 0.00761. The van der Waals surface area contributed by atoms with Crippen molar-refractivity contribution in [2.75, 3.05) is 4.90 Å². The van der Waals surface area contributed by atoms with Gasteiger partial charge in [-0.2, -0.15) is 0 Å². The van der Waals surface area contributed by atoms with Crippen LogP contribution < -0.4 is 4.90 Å². The summed E-state index contributed by atoms with van der Waals surface area (Å²) in [5.41, 5.74) is 4.37. The highest BCUT2D eigenvalue weighted by Gasteiger charge is 2.33. The Kier molecular flexibility index (Phi) is 5.27. The van der Waals surface area contributed by atoms with Crippen LogP contribution in [0.2, 0.25) is 0 Å². The largest absolute Gasteiger partial charge is 0.317 e. The maximum atomic E-state index is 13.1. The summed E-state index contributed by atoms with van der Waals surface area (Å²) in [6, 6.07) is 15.9. The monoisotopic (exact) mass is 435 g/mol. The summed E-state index contributed by atoms with van der Waals surface area (Å²) in [7, 11) is 0. The molecule has 1 aliphatic heterocycles. The molecular formula is C22H17N3O3S2. The summed E-state index contributed by atoms with van der Waals surface area (Å²) in [6.07, 6.45) is 3.56. The number of carbonyl (C=O) groups is 1. The highest BCUT2D eigenvalue weighted by molar-refractivity contribution is 8.27. The predicted molar refractivity (Wildman–Crippen MR) is 124 cm³/mol. The molecule has 6 nitrogen and oxygen atoms in total. The molecule has 1 aliphatic rings. The van der Waals surface area contributed by atoms with Crippen molar-refractivity contribution in [2.24, 2.45) is 0 Å². The van der Waals surface area contributed by atoms with Gasteiger partial charge in [0, 0.05) is 24.0 Å². The normalized spacial score (nSPS) is 15.3. The first kappa shape index (κ1) is 20.1. The Morgan fingerprint density at radius 3 is 2.57 bits per heavy atom. The van der Waals surface area contributed by atoms with Crippen molar-refractivity contribution in [1.29, 1.82) is 0 Å². The van der Waals surface area contributed by atoms with Crippen molar-refractivity contribution >= 4 is 51.7 Å². The summed E-state index contributed by atoms with van der Waals surface area (Å²) in [4.78, 5) is 25.8. The van der Waals surface area contributed by atoms with Crippen molar-refractivity contribution in [1.82, 2.24) is 4.57 Å². The number of nitro benzene ring substituents is 1. The van der Waals surface area contributed by atoms with E-state index in [0.29, 0.717) is 14.9 Å². The molecule has 1 saturated heterocycles. The minimum atomic E-state index is -0.429. The van der Waals surface area contributed by atoms with Crippen LogP contribution in [0.5, 0.6) is 0 Å². The van der Waals surface area contributed by atoms with Gasteiger partial charge in [-0.25, -0.2) is 0 Å². The fourth-order valence-electron chi connectivity index (χ4n) is 3.19. The Morgan fingerprint density at radius 2 is 1.83 bits per heavy atom. The van der Waals surface area contributed by atoms with Crippen LogP contribution in [-0.4, -0.2) is 19.7 Å². The van der Waals surface area contributed by atoms with Gasteiger partial charge >= 0.3 is 0 Å². The van der Waals surface area contributed by atoms with Crippen LogP contribution in [0, 0.1) is 24.0 Å². The second-order valence-electron chi connectivity index (χ2n) is 6.87. The Labute approximate surface area is 183 Å². The molecule has 1 fully saturated rings. The van der Waals surface area contributed by atoms with E-state index in [9.17, 15) is 14.9 Å². The lowest BCUT2D eigenvalue weighted by molar-refractivity contribution is -0.384. The van der Waals surface area contributed by atoms with Crippen LogP contribution >= 0.6 is 24.0 Å². The predicted octanol–water partition coefficient (Wildman–Crippen LogP) is 5.41. The van der Waals surface area contributed by atoms with Gasteiger partial charge in [0.15, 0.2) is 4.32 Å². The number of thioether (sulfide) groups is 1. The van der Waals surface area contributed by atoms with E-state index in [1.807, 2.05) is 44.2 Å². The van der Waals surface area contributed by atoms with E-state index in [4.69, 9.17) is 12.2 Å². The lowest BCUT2D eigenvalue weighted by Crippen LogP contribution is -2.27. The number of hydrogen-bond donors (Lipinski definition) is 0. The molecule has 0 radical (unpaired) electrons. The number of rotatable bonds is 4. The number of thiocarbonyl (C=S) groups is 1. The highest BCUT2D eigenvalue weighted by Crippen LogP contribution is 2.37. The number of amides is 1. The van der Waals surface area contributed by atoms with E-state index >= 15 is 0 Å². The molecule has 0 saturated carbocycles. The molecule has 1 aromatic heterocycles. The molecule has 0 bridgehead atoms. The molecule has 150 valence electrons. The zero-order valence-electron chi connectivity index (χ0n) is 16.2. The van der Waals surface area contributed by atoms with Crippen molar-refractivity contribution < 1.29 is 9.72 Å². The maximum Gasteiger partial charge on any atom is 0.271 e. The zero-order valence-corrected chi connectivity index (χ0v) is 17.9. The van der Waals surface area contributed by atoms with Crippen molar-refractivity contribution in [3.05, 3.63) is 92.6 Å². The van der Waals surface area contributed by atoms with Gasteiger partial charge in [0.2, 0.25) is 0 Å². The standard InChI is InChI=1S/C22H17N3O3S2/c1-14-8-9-18(11-15(14)2)24-21(26)20(30-22(24)29)13-17-7-4-10-23(17)16-5-3-6-19(12-16)25(27)28/h3-13H,1-2H3/b20-13-. The van der Waals surface area contributed by atoms with Crippen LogP contribution in [0.25, 0.3) is 11.8 Å². The first-order valence-corrected chi connectivity index (χ1v) is 10.3. The van der Waals surface area contributed by atoms with Gasteiger partial charge < -0.3 is 4.57 Å². The zero-order chi connectivity index (χ0) is 21.4. The van der Waals surface area contributed by atoms with Crippen LogP contribution in [0.3, 0.4) is 0 Å². The van der Waals surface area contributed by atoms with Gasteiger partial charge in [-0.15, -0.1) is 0 Å². The second-order valence-corrected chi connectivity index (χ2v) is 8.54. The fourth-order valence-corrected chi connectivity index (χ4v) is 4.48. The number of nitro groups is 1. The van der Waals surface area contributed by atoms with Gasteiger partial charge in [0.25, 0.3) is 11.6 Å². The minimum Gasteiger partial charge on any atom is -0.317 e. The summed E-state index contributed by atoms with van der Waals surface area (Å²) in [5, 5.41) is 11.1. The highest BCUT2D eigenvalue weighted by atomic mass is 32.2. The smallest absolute Gasteiger partial charge is 0.271 e. The van der Waals surface area contributed by atoms with E-state index in [-0.39, 0.29) is 11.6 Å². The lowest BCUT2D eigenvalue weighted by atomic mass is 10.1. The summed E-state index contributed by atoms with van der Waals surface area (Å²) in [6.45, 7) is 4.02. The maximum absolute atomic E-state index is 13.1. The molecule has 0 N–H and O–H groups in total. The Bertz CT molecular complexity index is 1230. The third-order valence-corrected chi connectivity index (χ3v) is 6.22. The molecule has 2 heterocycles. The first-order valence-electron chi connectivity index (χ1n) is 9.12. The van der Waals surface area contributed by atoms with Crippen molar-refractivity contribution in [3.63, 3.8) is 0 Å². The van der Waals surface area contributed by atoms with Gasteiger partial charge in [-0.3, -0.25) is 19.8 Å². The van der Waals surface area contributed by atoms with Gasteiger partial charge in [0.05, 0.1) is 21.2 Å². The van der Waals surface area contributed by atoms with Crippen LogP contribution in [-0.2, 0) is 4.79 Å². The van der Waals surface area contributed by atoms with Crippen molar-refractivity contribution in [2.45, 2.75) is 13.8 Å². The number of nitrogens with zero attached hydrogens (tertiary/aromatic N) is 3. The number of hydrogen-bond acceptors (Lipinski definition) is 5. The van der Waals surface area contributed by atoms with Gasteiger partial charge in [0.1, 0.15) is 0 Å².